The van der Waals surface area contributed by atoms with Crippen molar-refractivity contribution in [1.82, 2.24) is 24.3 Å². The van der Waals surface area contributed by atoms with Gasteiger partial charge in [-0.1, -0.05) is 0 Å². The van der Waals surface area contributed by atoms with Crippen LogP contribution in [0.25, 0.3) is 22.3 Å². The first-order chi connectivity index (χ1) is 14.7. The predicted octanol–water partition coefficient (Wildman–Crippen LogP) is 1.61. The number of aryl methyl sites for hydroxylation is 1. The van der Waals surface area contributed by atoms with E-state index in [1.807, 2.05) is 0 Å². The zero-order chi connectivity index (χ0) is 22.3. The molecule has 1 amide bonds. The fourth-order valence-corrected chi connectivity index (χ4v) is 3.82. The number of thiazole rings is 1. The van der Waals surface area contributed by atoms with E-state index in [2.05, 4.69) is 20.5 Å². The minimum Gasteiger partial charge on any atom is -0.302 e. The molecule has 158 valence electrons. The van der Waals surface area contributed by atoms with Crippen LogP contribution in [0.1, 0.15) is 5.56 Å². The number of nitrogens with one attached hydrogen (secondary N) is 1. The maximum Gasteiger partial charge on any atom is 0.332 e. The molecule has 3 aromatic heterocycles. The third-order valence-corrected chi connectivity index (χ3v) is 5.34. The Hall–Kier alpha value is -3.80. The second-order valence-corrected chi connectivity index (χ2v) is 7.55. The van der Waals surface area contributed by atoms with E-state index in [-0.39, 0.29) is 28.1 Å². The molecular formula is C19H14F2N6O3S. The first kappa shape index (κ1) is 20.5. The van der Waals surface area contributed by atoms with E-state index in [1.54, 1.807) is 5.38 Å². The highest BCUT2D eigenvalue weighted by atomic mass is 32.1. The Labute approximate surface area is 176 Å². The lowest BCUT2D eigenvalue weighted by Gasteiger charge is -2.09. The first-order valence-electron chi connectivity index (χ1n) is 8.86. The van der Waals surface area contributed by atoms with Crippen molar-refractivity contribution in [1.29, 1.82) is 0 Å². The van der Waals surface area contributed by atoms with Crippen molar-refractivity contribution in [3.63, 3.8) is 0 Å². The molecule has 0 spiro atoms. The fourth-order valence-electron chi connectivity index (χ4n) is 3.09. The molecule has 0 fully saturated rings. The lowest BCUT2D eigenvalue weighted by molar-refractivity contribution is -0.115. The van der Waals surface area contributed by atoms with Crippen LogP contribution >= 0.6 is 11.3 Å². The molecule has 12 heteroatoms. The van der Waals surface area contributed by atoms with Gasteiger partial charge in [0.1, 0.15) is 11.6 Å². The van der Waals surface area contributed by atoms with E-state index in [0.717, 1.165) is 34.1 Å². The summed E-state index contributed by atoms with van der Waals surface area (Å²) in [5.41, 5.74) is -0.231. The van der Waals surface area contributed by atoms with Crippen LogP contribution in [-0.2, 0) is 25.3 Å². The van der Waals surface area contributed by atoms with Crippen LogP contribution in [0, 0.1) is 11.6 Å². The van der Waals surface area contributed by atoms with Crippen molar-refractivity contribution in [3.05, 3.63) is 67.8 Å². The summed E-state index contributed by atoms with van der Waals surface area (Å²) in [6, 6.07) is 3.03. The van der Waals surface area contributed by atoms with Gasteiger partial charge in [-0.3, -0.25) is 18.7 Å². The molecule has 0 bridgehead atoms. The number of rotatable bonds is 4. The Morgan fingerprint density at radius 1 is 1.13 bits per heavy atom. The summed E-state index contributed by atoms with van der Waals surface area (Å²) in [6.45, 7) is 0. The molecule has 0 aliphatic carbocycles. The highest BCUT2D eigenvalue weighted by Crippen LogP contribution is 2.26. The molecule has 31 heavy (non-hydrogen) atoms. The van der Waals surface area contributed by atoms with Gasteiger partial charge >= 0.3 is 5.69 Å². The lowest BCUT2D eigenvalue weighted by atomic mass is 10.1. The molecule has 0 saturated heterocycles. The minimum atomic E-state index is -0.735. The summed E-state index contributed by atoms with van der Waals surface area (Å²) in [5, 5.41) is 12.1. The third-order valence-electron chi connectivity index (χ3n) is 4.58. The molecule has 4 aromatic rings. The predicted molar refractivity (Wildman–Crippen MR) is 110 cm³/mol. The number of amides is 1. The summed E-state index contributed by atoms with van der Waals surface area (Å²) < 4.78 is 28.9. The summed E-state index contributed by atoms with van der Waals surface area (Å²) >= 11 is 1.08. The Morgan fingerprint density at radius 2 is 1.84 bits per heavy atom. The molecule has 0 unspecified atom stereocenters. The summed E-state index contributed by atoms with van der Waals surface area (Å²) in [6.07, 6.45) is 1.07. The second-order valence-electron chi connectivity index (χ2n) is 6.70. The van der Waals surface area contributed by atoms with Crippen molar-refractivity contribution in [3.8, 4) is 11.3 Å². The van der Waals surface area contributed by atoms with E-state index in [9.17, 15) is 23.2 Å². The van der Waals surface area contributed by atoms with Crippen LogP contribution in [0.4, 0.5) is 13.9 Å². The number of hydrogen-bond donors (Lipinski definition) is 1. The number of fused-ring (bicyclic) bond motifs is 1. The van der Waals surface area contributed by atoms with Gasteiger partial charge in [-0.25, -0.2) is 18.6 Å². The Balaban J connectivity index is 1.61. The number of anilines is 1. The lowest BCUT2D eigenvalue weighted by Crippen LogP contribution is -2.38. The van der Waals surface area contributed by atoms with Crippen LogP contribution in [-0.4, -0.2) is 30.2 Å². The molecular weight excluding hydrogens is 430 g/mol. The number of nitrogens with zero attached hydrogens (tertiary/aromatic N) is 5. The molecule has 0 saturated carbocycles. The average Bonchev–Trinajstić information content (AvgIpc) is 3.18. The Kier molecular flexibility index (Phi) is 5.15. The van der Waals surface area contributed by atoms with Gasteiger partial charge in [-0.05, 0) is 17.7 Å². The van der Waals surface area contributed by atoms with Gasteiger partial charge in [0.2, 0.25) is 5.91 Å². The number of carbonyl (C=O) groups excluding carboxylic acids is 1. The van der Waals surface area contributed by atoms with E-state index in [0.29, 0.717) is 11.3 Å². The van der Waals surface area contributed by atoms with E-state index >= 15 is 0 Å². The Morgan fingerprint density at radius 3 is 2.55 bits per heavy atom. The molecule has 0 radical (unpaired) electrons. The van der Waals surface area contributed by atoms with Crippen LogP contribution in [0.5, 0.6) is 0 Å². The summed E-state index contributed by atoms with van der Waals surface area (Å²) in [5.74, 6) is -1.96. The molecule has 9 nitrogen and oxygen atoms in total. The SMILES string of the molecule is Cn1c(=O)c2c(CC(=O)Nc3nc(-c4cc(F)cc(F)c4)cs3)cnnc2n(C)c1=O. The first-order valence-corrected chi connectivity index (χ1v) is 9.74. The Bertz CT molecular complexity index is 1440. The monoisotopic (exact) mass is 444 g/mol. The molecule has 0 aliphatic heterocycles. The molecule has 0 atom stereocenters. The molecule has 3 heterocycles. The summed E-state index contributed by atoms with van der Waals surface area (Å²) in [4.78, 5) is 41.3. The normalized spacial score (nSPS) is 11.1. The van der Waals surface area contributed by atoms with Crippen molar-refractivity contribution in [2.24, 2.45) is 14.1 Å². The van der Waals surface area contributed by atoms with Crippen molar-refractivity contribution in [2.75, 3.05) is 5.32 Å². The second kappa shape index (κ2) is 7.80. The van der Waals surface area contributed by atoms with Gasteiger partial charge < -0.3 is 5.32 Å². The highest BCUT2D eigenvalue weighted by molar-refractivity contribution is 7.14. The zero-order valence-corrected chi connectivity index (χ0v) is 17.0. The number of halogens is 2. The number of carbonyl (C=O) groups is 1. The zero-order valence-electron chi connectivity index (χ0n) is 16.2. The van der Waals surface area contributed by atoms with Crippen LogP contribution < -0.4 is 16.6 Å². The third kappa shape index (κ3) is 3.84. The van der Waals surface area contributed by atoms with E-state index < -0.39 is 28.8 Å². The number of benzene rings is 1. The molecule has 1 aromatic carbocycles. The largest absolute Gasteiger partial charge is 0.332 e. The quantitative estimate of drug-likeness (QED) is 0.512. The fraction of sp³-hybridized carbons (Fsp3) is 0.158. The van der Waals surface area contributed by atoms with Crippen molar-refractivity contribution >= 4 is 33.4 Å². The van der Waals surface area contributed by atoms with E-state index in [1.165, 1.54) is 24.9 Å². The molecule has 1 N–H and O–H groups in total. The van der Waals surface area contributed by atoms with Crippen LogP contribution in [0.15, 0.2) is 39.4 Å². The number of hydrogen-bond acceptors (Lipinski definition) is 7. The minimum absolute atomic E-state index is 0.0723. The average molecular weight is 444 g/mol. The maximum atomic E-state index is 13.4. The summed E-state index contributed by atoms with van der Waals surface area (Å²) in [7, 11) is 2.79. The van der Waals surface area contributed by atoms with Crippen LogP contribution in [0.2, 0.25) is 0 Å². The smallest absolute Gasteiger partial charge is 0.302 e. The van der Waals surface area contributed by atoms with Gasteiger partial charge in [-0.15, -0.1) is 16.4 Å². The van der Waals surface area contributed by atoms with Gasteiger partial charge in [0.05, 0.1) is 23.7 Å². The maximum absolute atomic E-state index is 13.4. The van der Waals surface area contributed by atoms with E-state index in [4.69, 9.17) is 0 Å². The molecule has 0 aliphatic rings. The standard InChI is InChI=1S/C19H14F2N6O3S/c1-26-16-15(17(29)27(2)19(26)30)10(7-22-25-16)5-14(28)24-18-23-13(8-31-18)9-3-11(20)6-12(21)4-9/h3-4,6-8H,5H2,1-2H3,(H,23,24,28). The van der Waals surface area contributed by atoms with Crippen molar-refractivity contribution < 1.29 is 13.6 Å². The van der Waals surface area contributed by atoms with Crippen LogP contribution in [0.3, 0.4) is 0 Å². The van der Waals surface area contributed by atoms with Gasteiger partial charge in [0.15, 0.2) is 10.8 Å². The van der Waals surface area contributed by atoms with Crippen molar-refractivity contribution in [2.45, 2.75) is 6.42 Å². The van der Waals surface area contributed by atoms with Gasteiger partial charge in [-0.2, -0.15) is 5.10 Å². The van der Waals surface area contributed by atoms with Gasteiger partial charge in [0, 0.05) is 31.1 Å². The molecule has 4 rings (SSSR count). The number of aromatic nitrogens is 5. The van der Waals surface area contributed by atoms with Gasteiger partial charge in [0.25, 0.3) is 5.56 Å². The topological polar surface area (TPSA) is 112 Å². The highest BCUT2D eigenvalue weighted by Gasteiger charge is 2.17.